The number of rotatable bonds is 1. The molecule has 0 heterocycles. The van der Waals surface area contributed by atoms with Crippen LogP contribution in [0.1, 0.15) is 33.1 Å². The molecule has 0 bridgehead atoms. The number of hydrogen-bond acceptors (Lipinski definition) is 1. The molecule has 1 heteroatoms. The maximum Gasteiger partial charge on any atom is 0.0109 e. The Hall–Kier alpha value is -0.300. The van der Waals surface area contributed by atoms with Crippen molar-refractivity contribution in [2.24, 2.45) is 17.6 Å². The summed E-state index contributed by atoms with van der Waals surface area (Å²) in [6.45, 7) is 5.38. The summed E-state index contributed by atoms with van der Waals surface area (Å²) >= 11 is 0. The van der Waals surface area contributed by atoms with Gasteiger partial charge in [0.1, 0.15) is 0 Å². The summed E-state index contributed by atoms with van der Waals surface area (Å²) in [4.78, 5) is 0. The van der Waals surface area contributed by atoms with Gasteiger partial charge in [-0.05, 0) is 31.1 Å². The number of allylic oxidation sites excluding steroid dienone is 1. The maximum absolute atomic E-state index is 5.47. The zero-order valence-corrected chi connectivity index (χ0v) is 7.64. The molecule has 0 aromatic carbocycles. The Morgan fingerprint density at radius 1 is 1.36 bits per heavy atom. The Kier molecular flexibility index (Phi) is 3.13. The molecular formula is C10H19N. The summed E-state index contributed by atoms with van der Waals surface area (Å²) in [5.41, 5.74) is 7.06. The molecule has 1 rings (SSSR count). The molecule has 0 aromatic rings. The summed E-state index contributed by atoms with van der Waals surface area (Å²) in [6, 6.07) is 0. The van der Waals surface area contributed by atoms with E-state index in [0.29, 0.717) is 0 Å². The van der Waals surface area contributed by atoms with Crippen molar-refractivity contribution in [2.75, 3.05) is 6.54 Å². The smallest absolute Gasteiger partial charge is 0.0109 e. The first kappa shape index (κ1) is 8.79. The van der Waals surface area contributed by atoms with E-state index in [0.717, 1.165) is 18.4 Å². The fourth-order valence-corrected chi connectivity index (χ4v) is 2.17. The van der Waals surface area contributed by atoms with Crippen LogP contribution in [0.25, 0.3) is 0 Å². The van der Waals surface area contributed by atoms with Crippen LogP contribution < -0.4 is 5.73 Å². The second kappa shape index (κ2) is 3.91. The lowest BCUT2D eigenvalue weighted by Gasteiger charge is -2.26. The fourth-order valence-electron chi connectivity index (χ4n) is 2.17. The molecule has 1 aliphatic rings. The summed E-state index contributed by atoms with van der Waals surface area (Å²) in [6.07, 6.45) is 6.15. The third-order valence-corrected chi connectivity index (χ3v) is 2.43. The molecule has 2 N–H and O–H groups in total. The predicted molar refractivity (Wildman–Crippen MR) is 49.3 cm³/mol. The van der Waals surface area contributed by atoms with Gasteiger partial charge in [0.25, 0.3) is 0 Å². The molecule has 1 fully saturated rings. The standard InChI is InChI=1S/C10H19N/c1-8-5-9(2)7-10(6-8)3-4-11/h3,8-9H,4-7,11H2,1-2H3. The normalized spacial score (nSPS) is 32.1. The Morgan fingerprint density at radius 3 is 2.36 bits per heavy atom. The van der Waals surface area contributed by atoms with Crippen LogP contribution in [0.3, 0.4) is 0 Å². The molecule has 0 amide bonds. The minimum Gasteiger partial charge on any atom is -0.327 e. The van der Waals surface area contributed by atoms with Crippen molar-refractivity contribution in [2.45, 2.75) is 33.1 Å². The topological polar surface area (TPSA) is 26.0 Å². The predicted octanol–water partition coefficient (Wildman–Crippen LogP) is 2.33. The van der Waals surface area contributed by atoms with E-state index in [1.807, 2.05) is 0 Å². The maximum atomic E-state index is 5.47. The van der Waals surface area contributed by atoms with Crippen LogP contribution in [0.5, 0.6) is 0 Å². The van der Waals surface area contributed by atoms with Crippen LogP contribution in [0.2, 0.25) is 0 Å². The van der Waals surface area contributed by atoms with Crippen molar-refractivity contribution < 1.29 is 0 Å². The van der Waals surface area contributed by atoms with E-state index in [4.69, 9.17) is 5.73 Å². The van der Waals surface area contributed by atoms with Gasteiger partial charge >= 0.3 is 0 Å². The Labute approximate surface area is 69.7 Å². The monoisotopic (exact) mass is 153 g/mol. The average Bonchev–Trinajstić information content (AvgIpc) is 1.85. The zero-order chi connectivity index (χ0) is 8.27. The van der Waals surface area contributed by atoms with Gasteiger partial charge in [0.2, 0.25) is 0 Å². The van der Waals surface area contributed by atoms with Crippen LogP contribution in [0.15, 0.2) is 11.6 Å². The van der Waals surface area contributed by atoms with E-state index in [9.17, 15) is 0 Å². The molecule has 2 atom stereocenters. The van der Waals surface area contributed by atoms with Gasteiger partial charge in [0, 0.05) is 6.54 Å². The van der Waals surface area contributed by atoms with Crippen LogP contribution in [0, 0.1) is 11.8 Å². The molecule has 0 saturated heterocycles. The van der Waals surface area contributed by atoms with Crippen molar-refractivity contribution in [3.8, 4) is 0 Å². The Bertz CT molecular complexity index is 137. The second-order valence-corrected chi connectivity index (χ2v) is 3.95. The molecule has 1 aliphatic carbocycles. The average molecular weight is 153 g/mol. The van der Waals surface area contributed by atoms with Crippen molar-refractivity contribution >= 4 is 0 Å². The first-order chi connectivity index (χ1) is 5.22. The van der Waals surface area contributed by atoms with Gasteiger partial charge in [-0.1, -0.05) is 25.5 Å². The minimum absolute atomic E-state index is 0.717. The third kappa shape index (κ3) is 2.66. The molecule has 0 aromatic heterocycles. The molecule has 0 aliphatic heterocycles. The SMILES string of the molecule is CC1CC(=CCN)CC(C)C1. The summed E-state index contributed by atoms with van der Waals surface area (Å²) in [5.74, 6) is 1.74. The van der Waals surface area contributed by atoms with Gasteiger partial charge < -0.3 is 5.73 Å². The summed E-state index contributed by atoms with van der Waals surface area (Å²) in [5, 5.41) is 0. The van der Waals surface area contributed by atoms with Crippen molar-refractivity contribution in [3.05, 3.63) is 11.6 Å². The van der Waals surface area contributed by atoms with Gasteiger partial charge in [-0.2, -0.15) is 0 Å². The first-order valence-corrected chi connectivity index (χ1v) is 4.60. The number of nitrogens with two attached hydrogens (primary N) is 1. The molecule has 11 heavy (non-hydrogen) atoms. The molecule has 0 spiro atoms. The molecule has 64 valence electrons. The molecule has 2 unspecified atom stereocenters. The highest BCUT2D eigenvalue weighted by molar-refractivity contribution is 5.07. The highest BCUT2D eigenvalue weighted by Gasteiger charge is 2.17. The molecule has 0 radical (unpaired) electrons. The Morgan fingerprint density at radius 2 is 1.91 bits per heavy atom. The summed E-state index contributed by atoms with van der Waals surface area (Å²) < 4.78 is 0. The van der Waals surface area contributed by atoms with Crippen molar-refractivity contribution in [1.29, 1.82) is 0 Å². The lowest BCUT2D eigenvalue weighted by Crippen LogP contribution is -2.13. The highest BCUT2D eigenvalue weighted by atomic mass is 14.5. The largest absolute Gasteiger partial charge is 0.327 e. The number of hydrogen-bond donors (Lipinski definition) is 1. The van der Waals surface area contributed by atoms with E-state index < -0.39 is 0 Å². The molecule has 1 saturated carbocycles. The van der Waals surface area contributed by atoms with E-state index in [2.05, 4.69) is 19.9 Å². The van der Waals surface area contributed by atoms with Gasteiger partial charge in [0.15, 0.2) is 0 Å². The van der Waals surface area contributed by atoms with Crippen LogP contribution in [-0.2, 0) is 0 Å². The highest BCUT2D eigenvalue weighted by Crippen LogP contribution is 2.31. The van der Waals surface area contributed by atoms with Gasteiger partial charge in [-0.25, -0.2) is 0 Å². The van der Waals surface area contributed by atoms with Gasteiger partial charge in [-0.15, -0.1) is 0 Å². The van der Waals surface area contributed by atoms with E-state index in [-0.39, 0.29) is 0 Å². The summed E-state index contributed by atoms with van der Waals surface area (Å²) in [7, 11) is 0. The van der Waals surface area contributed by atoms with Crippen LogP contribution in [-0.4, -0.2) is 6.54 Å². The van der Waals surface area contributed by atoms with Crippen LogP contribution >= 0.6 is 0 Å². The van der Waals surface area contributed by atoms with Crippen molar-refractivity contribution in [3.63, 3.8) is 0 Å². The minimum atomic E-state index is 0.717. The first-order valence-electron chi connectivity index (χ1n) is 4.60. The fraction of sp³-hybridized carbons (Fsp3) is 0.800. The lowest BCUT2D eigenvalue weighted by atomic mass is 9.80. The van der Waals surface area contributed by atoms with Crippen LogP contribution in [0.4, 0.5) is 0 Å². The third-order valence-electron chi connectivity index (χ3n) is 2.43. The lowest BCUT2D eigenvalue weighted by molar-refractivity contribution is 0.358. The quantitative estimate of drug-likeness (QED) is 0.575. The van der Waals surface area contributed by atoms with Crippen molar-refractivity contribution in [1.82, 2.24) is 0 Å². The molecular weight excluding hydrogens is 134 g/mol. The molecule has 1 nitrogen and oxygen atoms in total. The van der Waals surface area contributed by atoms with E-state index in [1.54, 1.807) is 5.57 Å². The second-order valence-electron chi connectivity index (χ2n) is 3.95. The van der Waals surface area contributed by atoms with E-state index in [1.165, 1.54) is 19.3 Å². The van der Waals surface area contributed by atoms with Gasteiger partial charge in [0.05, 0.1) is 0 Å². The van der Waals surface area contributed by atoms with Gasteiger partial charge in [-0.3, -0.25) is 0 Å². The van der Waals surface area contributed by atoms with E-state index >= 15 is 0 Å². The Balaban J connectivity index is 2.49. The zero-order valence-electron chi connectivity index (χ0n) is 7.64.